The summed E-state index contributed by atoms with van der Waals surface area (Å²) < 4.78 is 0.238. The molecule has 0 aliphatic rings. The van der Waals surface area contributed by atoms with Crippen LogP contribution in [0.2, 0.25) is 0 Å². The van der Waals surface area contributed by atoms with Crippen molar-refractivity contribution >= 4 is 63.2 Å². The molecule has 0 fully saturated rings. The van der Waals surface area contributed by atoms with Crippen LogP contribution in [0, 0.1) is 0 Å². The van der Waals surface area contributed by atoms with Crippen molar-refractivity contribution in [2.45, 2.75) is 0 Å². The van der Waals surface area contributed by atoms with Crippen molar-refractivity contribution in [1.29, 1.82) is 0 Å². The Balaban J connectivity index is 0.000001000. The van der Waals surface area contributed by atoms with Gasteiger partial charge in [0.1, 0.15) is 0 Å². The normalized spacial score (nSPS) is 8.82. The molecule has 0 spiro atoms. The molecule has 6 nitrogen and oxygen atoms in total. The first-order chi connectivity index (χ1) is 4.61. The predicted octanol–water partition coefficient (Wildman–Crippen LogP) is -2.42. The van der Waals surface area contributed by atoms with Crippen LogP contribution in [0.5, 0.6) is 0 Å². The standard InChI is InChI=1S/C3H2ClN3O3.K.H/c4-7-2(9)5-1(8)6-3(7)10;;/h(H2,5,6,8,9,10);;. The van der Waals surface area contributed by atoms with E-state index < -0.39 is 17.1 Å². The minimum absolute atomic E-state index is 0. The van der Waals surface area contributed by atoms with E-state index in [0.717, 1.165) is 0 Å². The van der Waals surface area contributed by atoms with Crippen LogP contribution in [0.25, 0.3) is 0 Å². The molecule has 0 unspecified atom stereocenters. The second-order valence-electron chi connectivity index (χ2n) is 1.47. The van der Waals surface area contributed by atoms with Gasteiger partial charge >= 0.3 is 68.5 Å². The van der Waals surface area contributed by atoms with E-state index in [1.54, 1.807) is 9.97 Å². The zero-order valence-electron chi connectivity index (χ0n) is 4.55. The van der Waals surface area contributed by atoms with Gasteiger partial charge in [-0.25, -0.2) is 14.4 Å². The van der Waals surface area contributed by atoms with Gasteiger partial charge in [-0.1, -0.05) is 0 Å². The van der Waals surface area contributed by atoms with E-state index in [0.29, 0.717) is 0 Å². The molecule has 2 N–H and O–H groups in total. The van der Waals surface area contributed by atoms with E-state index >= 15 is 0 Å². The Labute approximate surface area is 107 Å². The summed E-state index contributed by atoms with van der Waals surface area (Å²) in [4.78, 5) is 34.6. The Morgan fingerprint density at radius 1 is 1.09 bits per heavy atom. The molecule has 0 amide bonds. The fourth-order valence-electron chi connectivity index (χ4n) is 0.416. The molecule has 11 heavy (non-hydrogen) atoms. The number of aromatic amines is 2. The molecule has 0 bridgehead atoms. The maximum absolute atomic E-state index is 10.4. The third kappa shape index (κ3) is 2.69. The maximum atomic E-state index is 10.4. The molecule has 56 valence electrons. The number of aromatic nitrogens is 3. The first kappa shape index (κ1) is 11.3. The van der Waals surface area contributed by atoms with Gasteiger partial charge in [0.25, 0.3) is 0 Å². The zero-order valence-corrected chi connectivity index (χ0v) is 5.31. The van der Waals surface area contributed by atoms with E-state index in [1.807, 2.05) is 0 Å². The summed E-state index contributed by atoms with van der Waals surface area (Å²) in [5, 5.41) is 0. The van der Waals surface area contributed by atoms with E-state index in [2.05, 4.69) is 0 Å². The van der Waals surface area contributed by atoms with Gasteiger partial charge < -0.3 is 0 Å². The first-order valence-corrected chi connectivity index (χ1v) is 2.57. The molecular weight excluding hydrogens is 201 g/mol. The summed E-state index contributed by atoms with van der Waals surface area (Å²) in [6.07, 6.45) is 0. The van der Waals surface area contributed by atoms with Crippen molar-refractivity contribution in [3.05, 3.63) is 31.5 Å². The molecule has 0 radical (unpaired) electrons. The summed E-state index contributed by atoms with van der Waals surface area (Å²) >= 11 is 5.04. The van der Waals surface area contributed by atoms with Crippen LogP contribution in [0.4, 0.5) is 0 Å². The monoisotopic (exact) mass is 203 g/mol. The van der Waals surface area contributed by atoms with E-state index in [4.69, 9.17) is 11.8 Å². The number of rotatable bonds is 0. The minimum atomic E-state index is -0.949. The number of nitrogens with one attached hydrogen (secondary N) is 2. The second kappa shape index (κ2) is 4.38. The Morgan fingerprint density at radius 3 is 1.82 bits per heavy atom. The third-order valence-electron chi connectivity index (χ3n) is 0.798. The van der Waals surface area contributed by atoms with Crippen LogP contribution in [0.1, 0.15) is 0 Å². The van der Waals surface area contributed by atoms with Gasteiger partial charge in [-0.2, -0.15) is 4.09 Å². The van der Waals surface area contributed by atoms with Crippen LogP contribution >= 0.6 is 11.8 Å². The van der Waals surface area contributed by atoms with Gasteiger partial charge in [-0.15, -0.1) is 0 Å². The van der Waals surface area contributed by atoms with Gasteiger partial charge in [0.05, 0.1) is 0 Å². The van der Waals surface area contributed by atoms with Gasteiger partial charge in [0, 0.05) is 11.8 Å². The molecule has 0 saturated carbocycles. The Morgan fingerprint density at radius 2 is 1.45 bits per heavy atom. The summed E-state index contributed by atoms with van der Waals surface area (Å²) in [5.74, 6) is 0. The molecule has 0 aromatic carbocycles. The third-order valence-corrected chi connectivity index (χ3v) is 1.10. The van der Waals surface area contributed by atoms with Gasteiger partial charge in [0.15, 0.2) is 0 Å². The average Bonchev–Trinajstić information content (AvgIpc) is 1.82. The molecule has 0 saturated heterocycles. The Bertz CT molecular complexity index is 369. The predicted molar refractivity (Wildman–Crippen MR) is 40.3 cm³/mol. The van der Waals surface area contributed by atoms with E-state index in [-0.39, 0.29) is 55.5 Å². The van der Waals surface area contributed by atoms with Gasteiger partial charge in [-0.3, -0.25) is 9.97 Å². The van der Waals surface area contributed by atoms with E-state index in [9.17, 15) is 14.4 Å². The van der Waals surface area contributed by atoms with Crippen molar-refractivity contribution in [2.24, 2.45) is 0 Å². The van der Waals surface area contributed by atoms with Crippen molar-refractivity contribution in [2.75, 3.05) is 0 Å². The fourth-order valence-corrected chi connectivity index (χ4v) is 0.500. The number of hydrogen-bond acceptors (Lipinski definition) is 3. The Kier molecular flexibility index (Phi) is 4.52. The summed E-state index contributed by atoms with van der Waals surface area (Å²) in [5.41, 5.74) is -2.77. The average molecular weight is 204 g/mol. The molecule has 0 atom stereocenters. The number of H-pyrrole nitrogens is 2. The van der Waals surface area contributed by atoms with Crippen LogP contribution in [0.3, 0.4) is 0 Å². The summed E-state index contributed by atoms with van der Waals surface area (Å²) in [7, 11) is 0. The fraction of sp³-hybridized carbons (Fsp3) is 0. The summed E-state index contributed by atoms with van der Waals surface area (Å²) in [6, 6.07) is 0. The molecule has 8 heteroatoms. The number of halogens is 1. The van der Waals surface area contributed by atoms with Crippen LogP contribution in [-0.2, 0) is 0 Å². The molecule has 1 aromatic heterocycles. The molecule has 1 aromatic rings. The molecule has 1 heterocycles. The SMILES string of the molecule is O=c1[nH]c(=O)n(Cl)c(=O)[nH]1.[KH]. The van der Waals surface area contributed by atoms with Crippen LogP contribution in [0.15, 0.2) is 14.4 Å². The first-order valence-electron chi connectivity index (χ1n) is 2.23. The quantitative estimate of drug-likeness (QED) is 0.460. The molecular formula is C3H3ClKN3O3. The topological polar surface area (TPSA) is 87.7 Å². The second-order valence-corrected chi connectivity index (χ2v) is 1.81. The van der Waals surface area contributed by atoms with E-state index in [1.165, 1.54) is 0 Å². The van der Waals surface area contributed by atoms with Gasteiger partial charge in [-0.05, 0) is 0 Å². The zero-order chi connectivity index (χ0) is 7.72. The van der Waals surface area contributed by atoms with Crippen LogP contribution < -0.4 is 17.1 Å². The summed E-state index contributed by atoms with van der Waals surface area (Å²) in [6.45, 7) is 0. The number of nitrogens with zero attached hydrogens (tertiary/aromatic N) is 1. The molecule has 0 aliphatic carbocycles. The van der Waals surface area contributed by atoms with Gasteiger partial charge in [0.2, 0.25) is 0 Å². The van der Waals surface area contributed by atoms with Crippen LogP contribution in [-0.4, -0.2) is 65.4 Å². The Hall–Kier alpha value is 0.336. The number of hydrogen-bond donors (Lipinski definition) is 2. The molecule has 0 aliphatic heterocycles. The molecule has 1 rings (SSSR count). The van der Waals surface area contributed by atoms with Crippen molar-refractivity contribution < 1.29 is 0 Å². The van der Waals surface area contributed by atoms with Crippen molar-refractivity contribution in [3.8, 4) is 0 Å². The van der Waals surface area contributed by atoms with Crippen molar-refractivity contribution in [1.82, 2.24) is 14.1 Å². The van der Waals surface area contributed by atoms with Crippen molar-refractivity contribution in [3.63, 3.8) is 0 Å².